The summed E-state index contributed by atoms with van der Waals surface area (Å²) in [4.78, 5) is 21.3. The maximum atomic E-state index is 12.9. The summed E-state index contributed by atoms with van der Waals surface area (Å²) in [6.45, 7) is 0. The Kier molecular flexibility index (Phi) is 5.11. The highest BCUT2D eigenvalue weighted by atomic mass is 16.2. The molecule has 0 bridgehead atoms. The molecule has 9 heteroatoms. The van der Waals surface area contributed by atoms with E-state index in [0.29, 0.717) is 17.0 Å². The number of rotatable bonds is 6. The highest BCUT2D eigenvalue weighted by Gasteiger charge is 2.47. The minimum absolute atomic E-state index is 0. The van der Waals surface area contributed by atoms with Crippen molar-refractivity contribution in [3.63, 3.8) is 0 Å². The largest absolute Gasteiger partial charge is 0.399 e. The van der Waals surface area contributed by atoms with E-state index in [1.165, 1.54) is 11.4 Å². The van der Waals surface area contributed by atoms with Crippen LogP contribution in [0.15, 0.2) is 36.7 Å². The second-order valence-electron chi connectivity index (χ2n) is 8.00. The number of imidazole rings is 1. The Morgan fingerprint density at radius 3 is 2.86 bits per heavy atom. The van der Waals surface area contributed by atoms with Crippen LogP contribution >= 0.6 is 0 Å². The van der Waals surface area contributed by atoms with E-state index in [1.807, 2.05) is 0 Å². The minimum atomic E-state index is -0.666. The molecule has 9 nitrogen and oxygen atoms in total. The van der Waals surface area contributed by atoms with Gasteiger partial charge in [0.2, 0.25) is 0 Å². The maximum Gasteiger partial charge on any atom is 0.272 e. The van der Waals surface area contributed by atoms with Crippen molar-refractivity contribution in [3.05, 3.63) is 42.4 Å². The van der Waals surface area contributed by atoms with Crippen LogP contribution in [0.25, 0.3) is 5.65 Å². The van der Waals surface area contributed by atoms with Gasteiger partial charge in [-0.3, -0.25) is 14.8 Å². The summed E-state index contributed by atoms with van der Waals surface area (Å²) in [6, 6.07) is 1.90. The van der Waals surface area contributed by atoms with Gasteiger partial charge in [0.25, 0.3) is 5.91 Å². The lowest BCUT2D eigenvalue weighted by atomic mass is 9.82. The van der Waals surface area contributed by atoms with Crippen molar-refractivity contribution in [2.75, 3.05) is 0 Å². The number of hydrogen-bond acceptors (Lipinski definition) is 7. The van der Waals surface area contributed by atoms with Gasteiger partial charge in [-0.1, -0.05) is 19.3 Å². The molecule has 0 radical (unpaired) electrons. The average molecular weight is 396 g/mol. The molecule has 0 spiro atoms. The van der Waals surface area contributed by atoms with Crippen LogP contribution < -0.4 is 16.9 Å². The van der Waals surface area contributed by atoms with Crippen molar-refractivity contribution in [2.45, 2.75) is 56.5 Å². The summed E-state index contributed by atoms with van der Waals surface area (Å²) < 4.78 is 1.75. The van der Waals surface area contributed by atoms with Crippen LogP contribution in [-0.2, 0) is 0 Å². The van der Waals surface area contributed by atoms with E-state index < -0.39 is 5.54 Å². The number of amides is 1. The van der Waals surface area contributed by atoms with E-state index in [0.717, 1.165) is 38.5 Å². The van der Waals surface area contributed by atoms with E-state index in [2.05, 4.69) is 21.4 Å². The number of nitrogens with zero attached hydrogens (tertiary/aromatic N) is 5. The zero-order valence-electron chi connectivity index (χ0n) is 16.3. The van der Waals surface area contributed by atoms with Crippen molar-refractivity contribution >= 4 is 11.6 Å². The molecule has 5 N–H and O–H groups in total. The molecule has 2 aromatic heterocycles. The lowest BCUT2D eigenvalue weighted by molar-refractivity contribution is 0.0918. The van der Waals surface area contributed by atoms with Crippen LogP contribution in [0.2, 0.25) is 0 Å². The number of fused-ring (bicyclic) bond motifs is 1. The molecule has 0 saturated heterocycles. The molecule has 2 fully saturated rings. The molecule has 29 heavy (non-hydrogen) atoms. The lowest BCUT2D eigenvalue weighted by Gasteiger charge is -2.32. The quantitative estimate of drug-likeness (QED) is 0.499. The first-order valence-corrected chi connectivity index (χ1v) is 10.0. The van der Waals surface area contributed by atoms with E-state index in [1.54, 1.807) is 35.4 Å². The predicted molar refractivity (Wildman–Crippen MR) is 109 cm³/mol. The molecule has 2 aliphatic carbocycles. The smallest absolute Gasteiger partial charge is 0.272 e. The van der Waals surface area contributed by atoms with Crippen LogP contribution in [-0.4, -0.2) is 36.9 Å². The first-order valence-electron chi connectivity index (χ1n) is 10.0. The fourth-order valence-corrected chi connectivity index (χ4v) is 4.02. The van der Waals surface area contributed by atoms with Gasteiger partial charge < -0.3 is 15.5 Å². The van der Waals surface area contributed by atoms with E-state index >= 15 is 0 Å². The Morgan fingerprint density at radius 2 is 2.21 bits per heavy atom. The molecule has 2 heterocycles. The Hall–Kier alpha value is -3.12. The number of nitrogens with one attached hydrogen (secondary N) is 1. The number of hydrogen-bond donors (Lipinski definition) is 3. The number of hydrazine groups is 1. The summed E-state index contributed by atoms with van der Waals surface area (Å²) in [5.74, 6) is 6.05. The number of aromatic nitrogens is 3. The third-order valence-electron chi connectivity index (χ3n) is 5.98. The van der Waals surface area contributed by atoms with Crippen LogP contribution in [0.5, 0.6) is 0 Å². The molecule has 4 rings (SSSR count). The average Bonchev–Trinajstić information content (AvgIpc) is 3.43. The van der Waals surface area contributed by atoms with Crippen molar-refractivity contribution < 1.29 is 6.22 Å². The zero-order chi connectivity index (χ0) is 20.4. The topological polar surface area (TPSA) is 138 Å². The minimum Gasteiger partial charge on any atom is -0.399 e. The fraction of sp³-hybridized carbons (Fsp3) is 0.500. The molecule has 0 unspecified atom stereocenters. The number of carbonyl (C=O) groups is 1. The van der Waals surface area contributed by atoms with E-state index in [9.17, 15) is 10.1 Å². The molecule has 1 amide bonds. The summed E-state index contributed by atoms with van der Waals surface area (Å²) in [6.07, 6.45) is 15.1. The van der Waals surface area contributed by atoms with Crippen molar-refractivity contribution in [1.29, 1.82) is 5.26 Å². The number of carbonyl (C=O) groups excluding carboxylic acids is 1. The normalized spacial score (nSPS) is 20.1. The van der Waals surface area contributed by atoms with Gasteiger partial charge in [-0.05, 0) is 31.6 Å². The van der Waals surface area contributed by atoms with Gasteiger partial charge in [0.1, 0.15) is 11.2 Å². The van der Waals surface area contributed by atoms with Crippen molar-refractivity contribution in [2.24, 2.45) is 17.5 Å². The third-order valence-corrected chi connectivity index (χ3v) is 5.98. The lowest BCUT2D eigenvalue weighted by Crippen LogP contribution is -2.46. The molecular weight excluding hydrogens is 368 g/mol. The van der Waals surface area contributed by atoms with Crippen LogP contribution in [0, 0.1) is 17.2 Å². The molecule has 154 valence electrons. The zero-order valence-corrected chi connectivity index (χ0v) is 16.3. The van der Waals surface area contributed by atoms with Crippen LogP contribution in [0.1, 0.15) is 56.9 Å². The maximum absolute atomic E-state index is 12.9. The van der Waals surface area contributed by atoms with Gasteiger partial charge in [-0.15, -0.1) is 0 Å². The first-order chi connectivity index (χ1) is 14.0. The Morgan fingerprint density at radius 1 is 1.45 bits per heavy atom. The summed E-state index contributed by atoms with van der Waals surface area (Å²) in [5, 5.41) is 13.8. The van der Waals surface area contributed by atoms with Gasteiger partial charge in [0.15, 0.2) is 5.65 Å². The van der Waals surface area contributed by atoms with E-state index in [-0.39, 0.29) is 19.3 Å². The van der Waals surface area contributed by atoms with Crippen LogP contribution in [0.3, 0.4) is 0 Å². The second kappa shape index (κ2) is 7.72. The van der Waals surface area contributed by atoms with Crippen molar-refractivity contribution in [3.8, 4) is 6.07 Å². The molecule has 0 aromatic carbocycles. The predicted octanol–water partition coefficient (Wildman–Crippen LogP) is 1.69. The van der Waals surface area contributed by atoms with Gasteiger partial charge in [-0.25, -0.2) is 10.8 Å². The summed E-state index contributed by atoms with van der Waals surface area (Å²) >= 11 is 0. The molecule has 0 aliphatic heterocycles. The third kappa shape index (κ3) is 3.89. The van der Waals surface area contributed by atoms with Gasteiger partial charge in [0.05, 0.1) is 18.3 Å². The van der Waals surface area contributed by atoms with Gasteiger partial charge in [0, 0.05) is 31.9 Å². The molecule has 2 saturated carbocycles. The van der Waals surface area contributed by atoms with Gasteiger partial charge >= 0.3 is 0 Å². The monoisotopic (exact) mass is 396 g/mol. The molecule has 2 aliphatic rings. The molecular formula is C20H28N8O. The molecule has 2 aromatic rings. The first kappa shape index (κ1) is 19.2. The SMILES string of the molecule is N#CC1(N(N)/C=C(\N)[C@@H](NC(=O)c2cn3ccncc3n2)C2CCCCC2)CC1.[HH]. The van der Waals surface area contributed by atoms with Gasteiger partial charge in [-0.2, -0.15) is 5.26 Å². The second-order valence-corrected chi connectivity index (χ2v) is 8.00. The highest BCUT2D eigenvalue weighted by Crippen LogP contribution is 2.39. The Labute approximate surface area is 170 Å². The Bertz CT molecular complexity index is 938. The number of nitrogens with two attached hydrogens (primary N) is 2. The fourth-order valence-electron chi connectivity index (χ4n) is 4.02. The number of nitriles is 1. The highest BCUT2D eigenvalue weighted by molar-refractivity contribution is 5.93. The van der Waals surface area contributed by atoms with E-state index in [4.69, 9.17) is 11.6 Å². The molecule has 1 atom stereocenters. The van der Waals surface area contributed by atoms with Crippen molar-refractivity contribution in [1.82, 2.24) is 24.7 Å². The van der Waals surface area contributed by atoms with Crippen LogP contribution in [0.4, 0.5) is 0 Å². The standard InChI is InChI=1S/C20H26N8O.H2/c21-13-20(6-7-20)28(23)11-15(22)18(14-4-2-1-3-5-14)26-19(29)16-12-27-9-8-24-10-17(27)25-16;/h8-12,14,18H,1-7,22-23H2,(H,26,29);1H/b15-11-;/t18-;/m0./s1. The Balaban J connectivity index is 0.00000256. The summed E-state index contributed by atoms with van der Waals surface area (Å²) in [7, 11) is 0. The summed E-state index contributed by atoms with van der Waals surface area (Å²) in [5.41, 5.74) is 7.13.